The lowest BCUT2D eigenvalue weighted by Crippen LogP contribution is -2.32. The summed E-state index contributed by atoms with van der Waals surface area (Å²) in [6.45, 7) is 8.52. The Kier molecular flexibility index (Phi) is 7.45. The summed E-state index contributed by atoms with van der Waals surface area (Å²) >= 11 is 0. The lowest BCUT2D eigenvalue weighted by atomic mass is 10.2. The third kappa shape index (κ3) is 6.88. The SMILES string of the molecule is CC(C)NCCCN(C)C(C)CC#N. The van der Waals surface area contributed by atoms with Crippen molar-refractivity contribution in [2.75, 3.05) is 20.1 Å². The third-order valence-corrected chi connectivity index (χ3v) is 2.38. The van der Waals surface area contributed by atoms with Crippen LogP contribution in [-0.2, 0) is 0 Å². The minimum Gasteiger partial charge on any atom is -0.314 e. The molecule has 0 saturated carbocycles. The maximum Gasteiger partial charge on any atom is 0.0638 e. The first kappa shape index (κ1) is 13.4. The third-order valence-electron chi connectivity index (χ3n) is 2.38. The van der Waals surface area contributed by atoms with Crippen molar-refractivity contribution in [3.05, 3.63) is 0 Å². The predicted octanol–water partition coefficient (Wildman–Crippen LogP) is 1.61. The van der Waals surface area contributed by atoms with Crippen LogP contribution in [0.5, 0.6) is 0 Å². The maximum absolute atomic E-state index is 8.54. The second kappa shape index (κ2) is 7.78. The van der Waals surface area contributed by atoms with Crippen molar-refractivity contribution in [1.29, 1.82) is 5.26 Å². The van der Waals surface area contributed by atoms with Gasteiger partial charge in [-0.3, -0.25) is 0 Å². The van der Waals surface area contributed by atoms with E-state index in [1.807, 2.05) is 0 Å². The fraction of sp³-hybridized carbons (Fsp3) is 0.909. The topological polar surface area (TPSA) is 39.1 Å². The highest BCUT2D eigenvalue weighted by Gasteiger charge is 2.07. The van der Waals surface area contributed by atoms with Crippen molar-refractivity contribution in [2.45, 2.75) is 45.7 Å². The fourth-order valence-corrected chi connectivity index (χ4v) is 1.23. The molecule has 1 unspecified atom stereocenters. The quantitative estimate of drug-likeness (QED) is 0.630. The van der Waals surface area contributed by atoms with Crippen LogP contribution in [0.25, 0.3) is 0 Å². The first-order valence-corrected chi connectivity index (χ1v) is 5.38. The molecule has 0 heterocycles. The van der Waals surface area contributed by atoms with Crippen molar-refractivity contribution in [2.24, 2.45) is 0 Å². The number of hydrogen-bond donors (Lipinski definition) is 1. The number of rotatable bonds is 7. The standard InChI is InChI=1S/C11H23N3/c1-10(2)13-8-5-9-14(4)11(3)6-7-12/h10-11,13H,5-6,8-9H2,1-4H3. The van der Waals surface area contributed by atoms with Gasteiger partial charge in [0.05, 0.1) is 12.5 Å². The van der Waals surface area contributed by atoms with Gasteiger partial charge in [-0.2, -0.15) is 5.26 Å². The van der Waals surface area contributed by atoms with Gasteiger partial charge in [0.2, 0.25) is 0 Å². The van der Waals surface area contributed by atoms with E-state index in [0.717, 1.165) is 19.5 Å². The molecule has 0 aliphatic carbocycles. The van der Waals surface area contributed by atoms with Crippen LogP contribution in [0.3, 0.4) is 0 Å². The van der Waals surface area contributed by atoms with Crippen LogP contribution in [0, 0.1) is 11.3 Å². The molecule has 3 nitrogen and oxygen atoms in total. The number of nitrogens with zero attached hydrogens (tertiary/aromatic N) is 2. The summed E-state index contributed by atoms with van der Waals surface area (Å²) < 4.78 is 0. The molecule has 82 valence electrons. The average Bonchev–Trinajstić information content (AvgIpc) is 2.12. The molecular formula is C11H23N3. The van der Waals surface area contributed by atoms with Crippen LogP contribution < -0.4 is 5.32 Å². The van der Waals surface area contributed by atoms with Crippen molar-refractivity contribution >= 4 is 0 Å². The highest BCUT2D eigenvalue weighted by Crippen LogP contribution is 2.00. The van der Waals surface area contributed by atoms with Crippen LogP contribution in [0.15, 0.2) is 0 Å². The summed E-state index contributed by atoms with van der Waals surface area (Å²) in [6, 6.07) is 3.14. The van der Waals surface area contributed by atoms with Crippen LogP contribution in [-0.4, -0.2) is 37.1 Å². The van der Waals surface area contributed by atoms with Gasteiger partial charge in [0.15, 0.2) is 0 Å². The Balaban J connectivity index is 3.44. The Labute approximate surface area is 88.1 Å². The van der Waals surface area contributed by atoms with E-state index in [1.165, 1.54) is 0 Å². The minimum absolute atomic E-state index is 0.374. The zero-order chi connectivity index (χ0) is 11.0. The molecule has 0 aromatic rings. The van der Waals surface area contributed by atoms with Gasteiger partial charge in [-0.15, -0.1) is 0 Å². The largest absolute Gasteiger partial charge is 0.314 e. The van der Waals surface area contributed by atoms with Gasteiger partial charge in [-0.25, -0.2) is 0 Å². The molecular weight excluding hydrogens is 174 g/mol. The normalized spacial score (nSPS) is 13.2. The molecule has 0 spiro atoms. The molecule has 1 atom stereocenters. The lowest BCUT2D eigenvalue weighted by molar-refractivity contribution is 0.256. The van der Waals surface area contributed by atoms with E-state index in [-0.39, 0.29) is 0 Å². The average molecular weight is 197 g/mol. The zero-order valence-electron chi connectivity index (χ0n) is 9.88. The first-order chi connectivity index (χ1) is 6.57. The van der Waals surface area contributed by atoms with Gasteiger partial charge < -0.3 is 10.2 Å². The Morgan fingerprint density at radius 1 is 1.36 bits per heavy atom. The molecule has 0 radical (unpaired) electrons. The summed E-state index contributed by atoms with van der Waals surface area (Å²) in [5.74, 6) is 0. The summed E-state index contributed by atoms with van der Waals surface area (Å²) in [5.41, 5.74) is 0. The summed E-state index contributed by atoms with van der Waals surface area (Å²) in [5, 5.41) is 11.9. The van der Waals surface area contributed by atoms with E-state index in [4.69, 9.17) is 5.26 Å². The summed E-state index contributed by atoms with van der Waals surface area (Å²) in [6.07, 6.45) is 1.76. The Bertz CT molecular complexity index is 172. The van der Waals surface area contributed by atoms with Crippen molar-refractivity contribution in [3.8, 4) is 6.07 Å². The Hall–Kier alpha value is -0.590. The highest BCUT2D eigenvalue weighted by molar-refractivity contribution is 4.78. The smallest absolute Gasteiger partial charge is 0.0638 e. The van der Waals surface area contributed by atoms with E-state index in [2.05, 4.69) is 44.1 Å². The number of nitriles is 1. The molecule has 0 saturated heterocycles. The Morgan fingerprint density at radius 2 is 2.00 bits per heavy atom. The molecule has 0 bridgehead atoms. The summed E-state index contributed by atoms with van der Waals surface area (Å²) in [4.78, 5) is 2.24. The lowest BCUT2D eigenvalue weighted by Gasteiger charge is -2.22. The van der Waals surface area contributed by atoms with Crippen LogP contribution in [0.4, 0.5) is 0 Å². The highest BCUT2D eigenvalue weighted by atomic mass is 15.1. The summed E-state index contributed by atoms with van der Waals surface area (Å²) in [7, 11) is 2.08. The predicted molar refractivity (Wildman–Crippen MR) is 60.1 cm³/mol. The molecule has 1 N–H and O–H groups in total. The van der Waals surface area contributed by atoms with Crippen LogP contribution in [0.2, 0.25) is 0 Å². The van der Waals surface area contributed by atoms with Gasteiger partial charge in [0, 0.05) is 12.1 Å². The first-order valence-electron chi connectivity index (χ1n) is 5.38. The van der Waals surface area contributed by atoms with Crippen molar-refractivity contribution in [1.82, 2.24) is 10.2 Å². The van der Waals surface area contributed by atoms with Gasteiger partial charge in [-0.1, -0.05) is 13.8 Å². The molecule has 0 rings (SSSR count). The van der Waals surface area contributed by atoms with Crippen LogP contribution >= 0.6 is 0 Å². The molecule has 0 aromatic carbocycles. The second-order valence-corrected chi connectivity index (χ2v) is 4.15. The van der Waals surface area contributed by atoms with Gasteiger partial charge in [-0.05, 0) is 33.5 Å². The van der Waals surface area contributed by atoms with E-state index in [9.17, 15) is 0 Å². The van der Waals surface area contributed by atoms with Crippen molar-refractivity contribution in [3.63, 3.8) is 0 Å². The number of hydrogen-bond acceptors (Lipinski definition) is 3. The van der Waals surface area contributed by atoms with Crippen molar-refractivity contribution < 1.29 is 0 Å². The zero-order valence-corrected chi connectivity index (χ0v) is 9.88. The molecule has 0 amide bonds. The minimum atomic E-state index is 0.374. The molecule has 0 aromatic heterocycles. The molecule has 14 heavy (non-hydrogen) atoms. The fourth-order valence-electron chi connectivity index (χ4n) is 1.23. The van der Waals surface area contributed by atoms with Crippen LogP contribution in [0.1, 0.15) is 33.6 Å². The van der Waals surface area contributed by atoms with E-state index < -0.39 is 0 Å². The van der Waals surface area contributed by atoms with E-state index in [1.54, 1.807) is 0 Å². The molecule has 0 fully saturated rings. The van der Waals surface area contributed by atoms with E-state index >= 15 is 0 Å². The van der Waals surface area contributed by atoms with Gasteiger partial charge in [0.25, 0.3) is 0 Å². The Morgan fingerprint density at radius 3 is 2.50 bits per heavy atom. The molecule has 3 heteroatoms. The number of nitrogens with one attached hydrogen (secondary N) is 1. The maximum atomic E-state index is 8.54. The molecule has 0 aliphatic heterocycles. The van der Waals surface area contributed by atoms with Gasteiger partial charge >= 0.3 is 0 Å². The van der Waals surface area contributed by atoms with Gasteiger partial charge in [0.1, 0.15) is 0 Å². The van der Waals surface area contributed by atoms with E-state index in [0.29, 0.717) is 18.5 Å². The second-order valence-electron chi connectivity index (χ2n) is 4.15. The monoisotopic (exact) mass is 197 g/mol. The molecule has 0 aliphatic rings.